The van der Waals surface area contributed by atoms with E-state index in [4.69, 9.17) is 4.74 Å². The summed E-state index contributed by atoms with van der Waals surface area (Å²) in [6.07, 6.45) is 0. The third-order valence-corrected chi connectivity index (χ3v) is 6.36. The number of hydrogen-bond acceptors (Lipinski definition) is 5. The molecule has 0 saturated carbocycles. The Balaban J connectivity index is 1.45. The Kier molecular flexibility index (Phi) is 5.31. The SMILES string of the molecule is Cc1ccc(OCC(=O)Nc2nc(-c3ccc4c(c3)C(C)(C)C(=O)N4C)cs2)c(C)c1. The van der Waals surface area contributed by atoms with E-state index in [9.17, 15) is 9.59 Å². The highest BCUT2D eigenvalue weighted by Gasteiger charge is 2.42. The van der Waals surface area contributed by atoms with Gasteiger partial charge in [0, 0.05) is 23.7 Å². The predicted octanol–water partition coefficient (Wildman–Crippen LogP) is 4.70. The molecule has 3 aromatic rings. The lowest BCUT2D eigenvalue weighted by Crippen LogP contribution is -2.33. The molecule has 0 atom stereocenters. The van der Waals surface area contributed by atoms with Crippen molar-refractivity contribution in [3.63, 3.8) is 0 Å². The molecule has 2 amide bonds. The third kappa shape index (κ3) is 3.93. The highest BCUT2D eigenvalue weighted by atomic mass is 32.1. The number of carbonyl (C=O) groups is 2. The van der Waals surface area contributed by atoms with E-state index in [0.717, 1.165) is 33.6 Å². The van der Waals surface area contributed by atoms with Gasteiger partial charge in [0.15, 0.2) is 11.7 Å². The Bertz CT molecular complexity index is 1180. The minimum Gasteiger partial charge on any atom is -0.483 e. The molecule has 31 heavy (non-hydrogen) atoms. The van der Waals surface area contributed by atoms with Gasteiger partial charge in [-0.25, -0.2) is 4.98 Å². The van der Waals surface area contributed by atoms with Gasteiger partial charge in [-0.05, 0) is 57.0 Å². The Morgan fingerprint density at radius 3 is 2.71 bits per heavy atom. The molecule has 6 nitrogen and oxygen atoms in total. The molecule has 0 spiro atoms. The van der Waals surface area contributed by atoms with Crippen LogP contribution in [0, 0.1) is 13.8 Å². The van der Waals surface area contributed by atoms with Crippen LogP contribution in [0.2, 0.25) is 0 Å². The van der Waals surface area contributed by atoms with Crippen molar-refractivity contribution in [2.75, 3.05) is 23.9 Å². The van der Waals surface area contributed by atoms with Crippen molar-refractivity contribution in [2.24, 2.45) is 0 Å². The molecule has 4 rings (SSSR count). The average molecular weight is 436 g/mol. The largest absolute Gasteiger partial charge is 0.483 e. The molecule has 0 unspecified atom stereocenters. The number of nitrogens with one attached hydrogen (secondary N) is 1. The van der Waals surface area contributed by atoms with Gasteiger partial charge in [-0.2, -0.15) is 0 Å². The molecule has 2 heterocycles. The zero-order valence-electron chi connectivity index (χ0n) is 18.3. The zero-order valence-corrected chi connectivity index (χ0v) is 19.1. The van der Waals surface area contributed by atoms with Crippen molar-refractivity contribution in [3.05, 3.63) is 58.5 Å². The first kappa shape index (κ1) is 21.1. The molecular weight excluding hydrogens is 410 g/mol. The Hall–Kier alpha value is -3.19. The summed E-state index contributed by atoms with van der Waals surface area (Å²) in [4.78, 5) is 31.1. The first-order chi connectivity index (χ1) is 14.7. The minimum absolute atomic E-state index is 0.0784. The third-order valence-electron chi connectivity index (χ3n) is 5.61. The van der Waals surface area contributed by atoms with Crippen LogP contribution in [0.3, 0.4) is 0 Å². The quantitative estimate of drug-likeness (QED) is 0.631. The Morgan fingerprint density at radius 2 is 1.97 bits per heavy atom. The Labute approximate surface area is 185 Å². The summed E-state index contributed by atoms with van der Waals surface area (Å²) in [5.74, 6) is 0.513. The summed E-state index contributed by atoms with van der Waals surface area (Å²) in [5, 5.41) is 5.21. The molecule has 1 aliphatic heterocycles. The zero-order chi connectivity index (χ0) is 22.3. The number of hydrogen-bond donors (Lipinski definition) is 1. The van der Waals surface area contributed by atoms with E-state index in [2.05, 4.69) is 10.3 Å². The van der Waals surface area contributed by atoms with Crippen LogP contribution >= 0.6 is 11.3 Å². The average Bonchev–Trinajstić information content (AvgIpc) is 3.25. The van der Waals surface area contributed by atoms with E-state index < -0.39 is 5.41 Å². The topological polar surface area (TPSA) is 71.5 Å². The lowest BCUT2D eigenvalue weighted by Gasteiger charge is -2.16. The van der Waals surface area contributed by atoms with Crippen LogP contribution in [0.25, 0.3) is 11.3 Å². The predicted molar refractivity (Wildman–Crippen MR) is 124 cm³/mol. The molecule has 0 saturated heterocycles. The maximum Gasteiger partial charge on any atom is 0.264 e. The standard InChI is InChI=1S/C24H25N3O3S/c1-14-6-9-20(15(2)10-14)30-12-21(28)26-23-25-18(13-31-23)16-7-8-19-17(11-16)24(3,4)22(29)27(19)5/h6-11,13H,12H2,1-5H3,(H,25,26,28). The second-order valence-electron chi connectivity index (χ2n) is 8.36. The summed E-state index contributed by atoms with van der Waals surface area (Å²) >= 11 is 1.36. The van der Waals surface area contributed by atoms with E-state index in [0.29, 0.717) is 10.9 Å². The number of rotatable bonds is 5. The number of amides is 2. The first-order valence-electron chi connectivity index (χ1n) is 10.1. The maximum absolute atomic E-state index is 12.5. The van der Waals surface area contributed by atoms with Crippen LogP contribution in [-0.2, 0) is 15.0 Å². The van der Waals surface area contributed by atoms with Crippen molar-refractivity contribution in [3.8, 4) is 17.0 Å². The van der Waals surface area contributed by atoms with Crippen LogP contribution < -0.4 is 15.0 Å². The van der Waals surface area contributed by atoms with Gasteiger partial charge in [-0.1, -0.05) is 23.8 Å². The number of carbonyl (C=O) groups excluding carboxylic acids is 2. The van der Waals surface area contributed by atoms with Gasteiger partial charge in [0.1, 0.15) is 5.75 Å². The van der Waals surface area contributed by atoms with Crippen molar-refractivity contribution in [1.82, 2.24) is 4.98 Å². The molecule has 1 aromatic heterocycles. The number of thiazole rings is 1. The van der Waals surface area contributed by atoms with Crippen LogP contribution in [0.5, 0.6) is 5.75 Å². The number of aryl methyl sites for hydroxylation is 2. The summed E-state index contributed by atoms with van der Waals surface area (Å²) in [6, 6.07) is 11.8. The number of benzene rings is 2. The van der Waals surface area contributed by atoms with Gasteiger partial charge >= 0.3 is 0 Å². The molecule has 160 valence electrons. The fraction of sp³-hybridized carbons (Fsp3) is 0.292. The molecule has 0 aliphatic carbocycles. The molecule has 2 aromatic carbocycles. The number of aromatic nitrogens is 1. The van der Waals surface area contributed by atoms with E-state index >= 15 is 0 Å². The maximum atomic E-state index is 12.5. The molecule has 1 N–H and O–H groups in total. The van der Waals surface area contributed by atoms with E-state index in [-0.39, 0.29) is 18.4 Å². The summed E-state index contributed by atoms with van der Waals surface area (Å²) < 4.78 is 5.64. The first-order valence-corrected chi connectivity index (χ1v) is 10.9. The Morgan fingerprint density at radius 1 is 1.19 bits per heavy atom. The monoisotopic (exact) mass is 435 g/mol. The molecule has 1 aliphatic rings. The van der Waals surface area contributed by atoms with Crippen molar-refractivity contribution in [2.45, 2.75) is 33.1 Å². The number of fused-ring (bicyclic) bond motifs is 1. The molecule has 0 bridgehead atoms. The lowest BCUT2D eigenvalue weighted by molar-refractivity contribution is -0.121. The number of likely N-dealkylation sites (N-methyl/N-ethyl adjacent to an activating group) is 1. The van der Waals surface area contributed by atoms with E-state index in [1.165, 1.54) is 11.3 Å². The van der Waals surface area contributed by atoms with Gasteiger partial charge in [0.05, 0.1) is 11.1 Å². The molecule has 0 radical (unpaired) electrons. The smallest absolute Gasteiger partial charge is 0.264 e. The van der Waals surface area contributed by atoms with Gasteiger partial charge < -0.3 is 9.64 Å². The van der Waals surface area contributed by atoms with Crippen molar-refractivity contribution >= 4 is 34.0 Å². The summed E-state index contributed by atoms with van der Waals surface area (Å²) in [6.45, 7) is 7.76. The second-order valence-corrected chi connectivity index (χ2v) is 9.22. The summed E-state index contributed by atoms with van der Waals surface area (Å²) in [5.41, 5.74) is 5.15. The van der Waals surface area contributed by atoms with Gasteiger partial charge in [0.2, 0.25) is 5.91 Å². The van der Waals surface area contributed by atoms with Crippen LogP contribution in [0.1, 0.15) is 30.5 Å². The van der Waals surface area contributed by atoms with Gasteiger partial charge in [-0.3, -0.25) is 14.9 Å². The van der Waals surface area contributed by atoms with Gasteiger partial charge in [0.25, 0.3) is 5.91 Å². The lowest BCUT2D eigenvalue weighted by atomic mass is 9.85. The number of anilines is 2. The summed E-state index contributed by atoms with van der Waals surface area (Å²) in [7, 11) is 1.80. The molecule has 0 fully saturated rings. The van der Waals surface area contributed by atoms with Crippen LogP contribution in [0.4, 0.5) is 10.8 Å². The fourth-order valence-electron chi connectivity index (χ4n) is 3.86. The van der Waals surface area contributed by atoms with Crippen LogP contribution in [0.15, 0.2) is 41.8 Å². The van der Waals surface area contributed by atoms with E-state index in [1.807, 2.05) is 69.5 Å². The molecule has 7 heteroatoms. The normalized spacial score (nSPS) is 14.5. The van der Waals surface area contributed by atoms with Crippen LogP contribution in [-0.4, -0.2) is 30.5 Å². The number of nitrogens with zero attached hydrogens (tertiary/aromatic N) is 2. The van der Waals surface area contributed by atoms with Gasteiger partial charge in [-0.15, -0.1) is 11.3 Å². The minimum atomic E-state index is -0.571. The molecular formula is C24H25N3O3S. The van der Waals surface area contributed by atoms with Crippen molar-refractivity contribution < 1.29 is 14.3 Å². The number of ether oxygens (including phenoxy) is 1. The van der Waals surface area contributed by atoms with E-state index in [1.54, 1.807) is 11.9 Å². The highest BCUT2D eigenvalue weighted by molar-refractivity contribution is 7.14. The second kappa shape index (κ2) is 7.81. The fourth-order valence-corrected chi connectivity index (χ4v) is 4.59. The van der Waals surface area contributed by atoms with Crippen molar-refractivity contribution in [1.29, 1.82) is 0 Å². The highest BCUT2D eigenvalue weighted by Crippen LogP contribution is 2.42.